The molecule has 1 aromatic carbocycles. The van der Waals surface area contributed by atoms with E-state index < -0.39 is 4.92 Å². The summed E-state index contributed by atoms with van der Waals surface area (Å²) in [4.78, 5) is 13.9. The van der Waals surface area contributed by atoms with E-state index in [-0.39, 0.29) is 17.4 Å². The number of nitrogen functional groups attached to an aromatic ring is 1. The first kappa shape index (κ1) is 13.8. The first-order valence-corrected chi connectivity index (χ1v) is 6.60. The van der Waals surface area contributed by atoms with E-state index in [0.717, 1.165) is 8.95 Å². The molecule has 0 unspecified atom stereocenters. The number of benzene rings is 1. The van der Waals surface area contributed by atoms with Crippen molar-refractivity contribution in [3.63, 3.8) is 0 Å². The predicted molar refractivity (Wildman–Crippen MR) is 77.2 cm³/mol. The molecule has 0 saturated heterocycles. The Bertz CT molecular complexity index is 649. The van der Waals surface area contributed by atoms with Gasteiger partial charge in [-0.05, 0) is 34.1 Å². The number of rotatable bonds is 3. The monoisotopic (exact) mass is 387 g/mol. The lowest BCUT2D eigenvalue weighted by molar-refractivity contribution is -0.384. The van der Waals surface area contributed by atoms with E-state index in [1.165, 1.54) is 12.1 Å². The SMILES string of the molecule is Nc1nc(Oc2ccc(Br)cc2Br)ccc1[N+](=O)[O-]. The fourth-order valence-electron chi connectivity index (χ4n) is 1.33. The van der Waals surface area contributed by atoms with E-state index in [2.05, 4.69) is 36.8 Å². The van der Waals surface area contributed by atoms with Crippen LogP contribution in [0.2, 0.25) is 0 Å². The first-order chi connectivity index (χ1) is 8.97. The molecule has 98 valence electrons. The molecule has 0 aliphatic carbocycles. The van der Waals surface area contributed by atoms with Gasteiger partial charge in [-0.2, -0.15) is 4.98 Å². The summed E-state index contributed by atoms with van der Waals surface area (Å²) >= 11 is 6.66. The van der Waals surface area contributed by atoms with Gasteiger partial charge < -0.3 is 10.5 Å². The lowest BCUT2D eigenvalue weighted by atomic mass is 10.3. The molecular formula is C11H7Br2N3O3. The van der Waals surface area contributed by atoms with Crippen LogP contribution in [0.1, 0.15) is 0 Å². The van der Waals surface area contributed by atoms with Gasteiger partial charge in [0, 0.05) is 16.6 Å². The Balaban J connectivity index is 2.29. The molecule has 0 fully saturated rings. The Kier molecular flexibility index (Phi) is 4.01. The molecule has 0 radical (unpaired) electrons. The number of halogens is 2. The van der Waals surface area contributed by atoms with Gasteiger partial charge in [0.25, 0.3) is 0 Å². The Morgan fingerprint density at radius 3 is 2.58 bits per heavy atom. The summed E-state index contributed by atoms with van der Waals surface area (Å²) in [6.07, 6.45) is 0. The summed E-state index contributed by atoms with van der Waals surface area (Å²) < 4.78 is 7.11. The number of aromatic nitrogens is 1. The van der Waals surface area contributed by atoms with Crippen molar-refractivity contribution >= 4 is 43.4 Å². The Morgan fingerprint density at radius 1 is 1.26 bits per heavy atom. The maximum atomic E-state index is 10.6. The molecule has 1 heterocycles. The third-order valence-corrected chi connectivity index (χ3v) is 3.29. The van der Waals surface area contributed by atoms with Gasteiger partial charge in [-0.15, -0.1) is 0 Å². The summed E-state index contributed by atoms with van der Waals surface area (Å²) in [6.45, 7) is 0. The van der Waals surface area contributed by atoms with E-state index in [4.69, 9.17) is 10.5 Å². The molecule has 8 heteroatoms. The van der Waals surface area contributed by atoms with E-state index in [1.54, 1.807) is 12.1 Å². The van der Waals surface area contributed by atoms with Gasteiger partial charge in [-0.25, -0.2) is 0 Å². The molecule has 0 aliphatic heterocycles. The van der Waals surface area contributed by atoms with Crippen molar-refractivity contribution < 1.29 is 9.66 Å². The quantitative estimate of drug-likeness (QED) is 0.636. The number of nitro groups is 1. The average Bonchev–Trinajstić information content (AvgIpc) is 2.32. The zero-order valence-corrected chi connectivity index (χ0v) is 12.5. The smallest absolute Gasteiger partial charge is 0.311 e. The van der Waals surface area contributed by atoms with Crippen molar-refractivity contribution in [1.29, 1.82) is 0 Å². The fourth-order valence-corrected chi connectivity index (χ4v) is 2.46. The van der Waals surface area contributed by atoms with Gasteiger partial charge >= 0.3 is 5.69 Å². The largest absolute Gasteiger partial charge is 0.438 e. The number of hydrogen-bond acceptors (Lipinski definition) is 5. The van der Waals surface area contributed by atoms with Crippen LogP contribution >= 0.6 is 31.9 Å². The van der Waals surface area contributed by atoms with Crippen LogP contribution in [0, 0.1) is 10.1 Å². The molecule has 19 heavy (non-hydrogen) atoms. The van der Waals surface area contributed by atoms with Gasteiger partial charge in [-0.3, -0.25) is 10.1 Å². The van der Waals surface area contributed by atoms with Gasteiger partial charge in [0.1, 0.15) is 5.75 Å². The van der Waals surface area contributed by atoms with Crippen molar-refractivity contribution in [2.45, 2.75) is 0 Å². The molecule has 0 spiro atoms. The van der Waals surface area contributed by atoms with Crippen LogP contribution in [0.25, 0.3) is 0 Å². The summed E-state index contributed by atoms with van der Waals surface area (Å²) in [5.74, 6) is 0.533. The third-order valence-electron chi connectivity index (χ3n) is 2.18. The second-order valence-electron chi connectivity index (χ2n) is 3.49. The predicted octanol–water partition coefficient (Wildman–Crippen LogP) is 3.89. The topological polar surface area (TPSA) is 91.3 Å². The average molecular weight is 389 g/mol. The van der Waals surface area contributed by atoms with Crippen LogP contribution < -0.4 is 10.5 Å². The van der Waals surface area contributed by atoms with Crippen LogP contribution in [-0.2, 0) is 0 Å². The molecule has 0 atom stereocenters. The van der Waals surface area contributed by atoms with Crippen molar-refractivity contribution in [3.05, 3.63) is 49.4 Å². The molecule has 6 nitrogen and oxygen atoms in total. The maximum Gasteiger partial charge on any atom is 0.311 e. The van der Waals surface area contributed by atoms with Crippen LogP contribution in [0.5, 0.6) is 11.6 Å². The number of anilines is 1. The molecule has 1 aromatic heterocycles. The number of ether oxygens (including phenoxy) is 1. The highest BCUT2D eigenvalue weighted by Crippen LogP contribution is 2.32. The van der Waals surface area contributed by atoms with Crippen LogP contribution in [0.4, 0.5) is 11.5 Å². The van der Waals surface area contributed by atoms with Gasteiger partial charge in [0.15, 0.2) is 0 Å². The minimum Gasteiger partial charge on any atom is -0.438 e. The fraction of sp³-hybridized carbons (Fsp3) is 0. The van der Waals surface area contributed by atoms with E-state index in [1.807, 2.05) is 6.07 Å². The second kappa shape index (κ2) is 5.54. The van der Waals surface area contributed by atoms with E-state index in [9.17, 15) is 10.1 Å². The Labute approximate surface area is 125 Å². The molecule has 0 saturated carbocycles. The number of nitrogens with two attached hydrogens (primary N) is 1. The summed E-state index contributed by atoms with van der Waals surface area (Å²) in [6, 6.07) is 7.99. The zero-order chi connectivity index (χ0) is 14.0. The van der Waals surface area contributed by atoms with Crippen molar-refractivity contribution in [2.75, 3.05) is 5.73 Å². The molecule has 0 amide bonds. The Morgan fingerprint density at radius 2 is 2.00 bits per heavy atom. The highest BCUT2D eigenvalue weighted by molar-refractivity contribution is 9.11. The number of pyridine rings is 1. The normalized spacial score (nSPS) is 10.2. The standard InChI is InChI=1S/C11H7Br2N3O3/c12-6-1-3-9(7(13)5-6)19-10-4-2-8(16(17)18)11(14)15-10/h1-5H,(H2,14,15). The molecule has 2 aromatic rings. The molecule has 0 bridgehead atoms. The highest BCUT2D eigenvalue weighted by Gasteiger charge is 2.14. The minimum atomic E-state index is -0.596. The first-order valence-electron chi connectivity index (χ1n) is 5.01. The molecule has 2 rings (SSSR count). The van der Waals surface area contributed by atoms with Gasteiger partial charge in [0.2, 0.25) is 11.7 Å². The Hall–Kier alpha value is -1.67. The summed E-state index contributed by atoms with van der Waals surface area (Å²) in [7, 11) is 0. The van der Waals surface area contributed by atoms with E-state index in [0.29, 0.717) is 5.75 Å². The summed E-state index contributed by atoms with van der Waals surface area (Å²) in [5, 5.41) is 10.6. The van der Waals surface area contributed by atoms with Gasteiger partial charge in [-0.1, -0.05) is 15.9 Å². The number of hydrogen-bond donors (Lipinski definition) is 1. The van der Waals surface area contributed by atoms with E-state index >= 15 is 0 Å². The third kappa shape index (κ3) is 3.21. The van der Waals surface area contributed by atoms with Crippen LogP contribution in [0.15, 0.2) is 39.3 Å². The number of nitrogens with zero attached hydrogens (tertiary/aromatic N) is 2. The van der Waals surface area contributed by atoms with Crippen LogP contribution in [-0.4, -0.2) is 9.91 Å². The zero-order valence-electron chi connectivity index (χ0n) is 9.34. The minimum absolute atomic E-state index is 0.185. The molecular weight excluding hydrogens is 382 g/mol. The van der Waals surface area contributed by atoms with Crippen LogP contribution in [0.3, 0.4) is 0 Å². The van der Waals surface area contributed by atoms with Crippen molar-refractivity contribution in [1.82, 2.24) is 4.98 Å². The van der Waals surface area contributed by atoms with Gasteiger partial charge in [0.05, 0.1) is 9.40 Å². The molecule has 0 aliphatic rings. The highest BCUT2D eigenvalue weighted by atomic mass is 79.9. The lowest BCUT2D eigenvalue weighted by Crippen LogP contribution is -1.99. The lowest BCUT2D eigenvalue weighted by Gasteiger charge is -2.07. The van der Waals surface area contributed by atoms with Crippen molar-refractivity contribution in [3.8, 4) is 11.6 Å². The maximum absolute atomic E-state index is 10.6. The summed E-state index contributed by atoms with van der Waals surface area (Å²) in [5.41, 5.74) is 5.24. The molecule has 2 N–H and O–H groups in total. The van der Waals surface area contributed by atoms with Crippen molar-refractivity contribution in [2.24, 2.45) is 0 Å². The second-order valence-corrected chi connectivity index (χ2v) is 5.26.